The number of benzene rings is 1. The minimum atomic E-state index is 0.0298. The summed E-state index contributed by atoms with van der Waals surface area (Å²) in [5, 5.41) is 10.2. The third kappa shape index (κ3) is 4.51. The van der Waals surface area contributed by atoms with Crippen molar-refractivity contribution in [3.63, 3.8) is 0 Å². The maximum absolute atomic E-state index is 11.7. The number of carbonyl (C=O) groups excluding carboxylic acids is 1. The van der Waals surface area contributed by atoms with Crippen molar-refractivity contribution in [3.8, 4) is 0 Å². The molecule has 1 amide bonds. The molecule has 0 unspecified atom stereocenters. The van der Waals surface area contributed by atoms with Crippen molar-refractivity contribution in [2.45, 2.75) is 19.9 Å². The third-order valence-corrected chi connectivity index (χ3v) is 2.89. The molecule has 20 heavy (non-hydrogen) atoms. The van der Waals surface area contributed by atoms with Gasteiger partial charge in [-0.2, -0.15) is 5.10 Å². The topological polar surface area (TPSA) is 59.0 Å². The van der Waals surface area contributed by atoms with Gasteiger partial charge in [0.05, 0.1) is 6.54 Å². The van der Waals surface area contributed by atoms with E-state index in [0.29, 0.717) is 19.5 Å². The second-order valence-electron chi connectivity index (χ2n) is 4.56. The largest absolute Gasteiger partial charge is 0.326 e. The van der Waals surface area contributed by atoms with Gasteiger partial charge in [-0.1, -0.05) is 19.1 Å². The fourth-order valence-corrected chi connectivity index (χ4v) is 1.93. The highest BCUT2D eigenvalue weighted by Gasteiger charge is 2.03. The first-order valence-electron chi connectivity index (χ1n) is 6.85. The van der Waals surface area contributed by atoms with E-state index in [-0.39, 0.29) is 5.91 Å². The van der Waals surface area contributed by atoms with Crippen LogP contribution in [0.2, 0.25) is 0 Å². The van der Waals surface area contributed by atoms with Gasteiger partial charge in [-0.3, -0.25) is 9.48 Å². The predicted octanol–water partition coefficient (Wildman–Crippen LogP) is 1.87. The second kappa shape index (κ2) is 7.45. The number of aromatic nitrogens is 2. The first-order valence-corrected chi connectivity index (χ1v) is 6.85. The van der Waals surface area contributed by atoms with Crippen molar-refractivity contribution in [1.29, 1.82) is 0 Å². The van der Waals surface area contributed by atoms with Crippen LogP contribution in [0.1, 0.15) is 18.9 Å². The number of hydrogen-bond donors (Lipinski definition) is 2. The Bertz CT molecular complexity index is 537. The quantitative estimate of drug-likeness (QED) is 0.756. The van der Waals surface area contributed by atoms with Crippen LogP contribution < -0.4 is 10.6 Å². The van der Waals surface area contributed by atoms with Gasteiger partial charge in [-0.05, 0) is 30.3 Å². The highest BCUT2D eigenvalue weighted by molar-refractivity contribution is 5.90. The highest BCUT2D eigenvalue weighted by Crippen LogP contribution is 2.12. The van der Waals surface area contributed by atoms with E-state index in [0.717, 1.165) is 17.8 Å². The summed E-state index contributed by atoms with van der Waals surface area (Å²) in [6.45, 7) is 4.31. The summed E-state index contributed by atoms with van der Waals surface area (Å²) < 4.78 is 1.85. The fourth-order valence-electron chi connectivity index (χ4n) is 1.93. The van der Waals surface area contributed by atoms with Crippen molar-refractivity contribution >= 4 is 11.6 Å². The molecule has 0 saturated heterocycles. The first-order chi connectivity index (χ1) is 9.78. The highest BCUT2D eigenvalue weighted by atomic mass is 16.1. The van der Waals surface area contributed by atoms with Crippen molar-refractivity contribution in [2.24, 2.45) is 0 Å². The summed E-state index contributed by atoms with van der Waals surface area (Å²) in [5.74, 6) is 0.0298. The number of hydrogen-bond acceptors (Lipinski definition) is 3. The number of carbonyl (C=O) groups is 1. The standard InChI is InChI=1S/C15H20N4O/c1-2-16-9-7-15(20)18-14-6-3-5-13(11-14)12-19-10-4-8-17-19/h3-6,8,10-11,16H,2,7,9,12H2,1H3,(H,18,20). The average Bonchev–Trinajstić information content (AvgIpc) is 2.92. The van der Waals surface area contributed by atoms with Gasteiger partial charge < -0.3 is 10.6 Å². The Morgan fingerprint density at radius 1 is 1.35 bits per heavy atom. The Labute approximate surface area is 119 Å². The van der Waals surface area contributed by atoms with Gasteiger partial charge >= 0.3 is 0 Å². The van der Waals surface area contributed by atoms with Crippen LogP contribution in [0.4, 0.5) is 5.69 Å². The van der Waals surface area contributed by atoms with Crippen LogP contribution in [0.25, 0.3) is 0 Å². The average molecular weight is 272 g/mol. The van der Waals surface area contributed by atoms with Crippen LogP contribution in [0.3, 0.4) is 0 Å². The molecule has 0 bridgehead atoms. The van der Waals surface area contributed by atoms with Crippen LogP contribution >= 0.6 is 0 Å². The van der Waals surface area contributed by atoms with Crippen LogP contribution in [-0.2, 0) is 11.3 Å². The van der Waals surface area contributed by atoms with Crippen LogP contribution in [0.5, 0.6) is 0 Å². The maximum atomic E-state index is 11.7. The van der Waals surface area contributed by atoms with Gasteiger partial charge in [0.1, 0.15) is 0 Å². The van der Waals surface area contributed by atoms with Crippen molar-refractivity contribution < 1.29 is 4.79 Å². The number of nitrogens with zero attached hydrogens (tertiary/aromatic N) is 2. The van der Waals surface area contributed by atoms with Crippen molar-refractivity contribution in [2.75, 3.05) is 18.4 Å². The predicted molar refractivity (Wildman–Crippen MR) is 79.6 cm³/mol. The molecule has 0 spiro atoms. The minimum Gasteiger partial charge on any atom is -0.326 e. The van der Waals surface area contributed by atoms with E-state index in [1.54, 1.807) is 6.20 Å². The Kier molecular flexibility index (Phi) is 5.32. The Morgan fingerprint density at radius 3 is 3.00 bits per heavy atom. The molecule has 2 N–H and O–H groups in total. The molecule has 0 aliphatic heterocycles. The smallest absolute Gasteiger partial charge is 0.225 e. The van der Waals surface area contributed by atoms with Gasteiger partial charge in [0, 0.05) is 31.0 Å². The molecule has 5 nitrogen and oxygen atoms in total. The van der Waals surface area contributed by atoms with E-state index >= 15 is 0 Å². The summed E-state index contributed by atoms with van der Waals surface area (Å²) in [6, 6.07) is 9.74. The molecule has 0 aliphatic rings. The first kappa shape index (κ1) is 14.3. The van der Waals surface area contributed by atoms with Crippen LogP contribution in [0, 0.1) is 0 Å². The number of anilines is 1. The molecule has 5 heteroatoms. The minimum absolute atomic E-state index is 0.0298. The Hall–Kier alpha value is -2.14. The zero-order valence-electron chi connectivity index (χ0n) is 11.7. The lowest BCUT2D eigenvalue weighted by molar-refractivity contribution is -0.116. The van der Waals surface area contributed by atoms with Crippen molar-refractivity contribution in [1.82, 2.24) is 15.1 Å². The van der Waals surface area contributed by atoms with Crippen molar-refractivity contribution in [3.05, 3.63) is 48.3 Å². The number of amides is 1. The summed E-state index contributed by atoms with van der Waals surface area (Å²) in [6.07, 6.45) is 4.16. The van der Waals surface area contributed by atoms with Crippen LogP contribution in [-0.4, -0.2) is 28.8 Å². The summed E-state index contributed by atoms with van der Waals surface area (Å²) >= 11 is 0. The van der Waals surface area contributed by atoms with E-state index in [1.807, 2.05) is 48.1 Å². The van der Waals surface area contributed by atoms with Gasteiger partial charge in [-0.25, -0.2) is 0 Å². The van der Waals surface area contributed by atoms with Gasteiger partial charge in [0.2, 0.25) is 5.91 Å². The van der Waals surface area contributed by atoms with E-state index in [9.17, 15) is 4.79 Å². The molecule has 106 valence electrons. The SMILES string of the molecule is CCNCCC(=O)Nc1cccc(Cn2cccn2)c1. The second-order valence-corrected chi connectivity index (χ2v) is 4.56. The van der Waals surface area contributed by atoms with Crippen LogP contribution in [0.15, 0.2) is 42.7 Å². The van der Waals surface area contributed by atoms with E-state index < -0.39 is 0 Å². The molecule has 0 radical (unpaired) electrons. The number of nitrogens with one attached hydrogen (secondary N) is 2. The van der Waals surface area contributed by atoms with Gasteiger partial charge in [-0.15, -0.1) is 0 Å². The fraction of sp³-hybridized carbons (Fsp3) is 0.333. The molecule has 2 aromatic rings. The monoisotopic (exact) mass is 272 g/mol. The molecule has 0 atom stereocenters. The Morgan fingerprint density at radius 2 is 2.25 bits per heavy atom. The lowest BCUT2D eigenvalue weighted by Gasteiger charge is -2.08. The van der Waals surface area contributed by atoms with E-state index in [2.05, 4.69) is 15.7 Å². The summed E-state index contributed by atoms with van der Waals surface area (Å²) in [5.41, 5.74) is 1.94. The Balaban J connectivity index is 1.90. The zero-order chi connectivity index (χ0) is 14.2. The lowest BCUT2D eigenvalue weighted by Crippen LogP contribution is -2.21. The molecular formula is C15H20N4O. The summed E-state index contributed by atoms with van der Waals surface area (Å²) in [4.78, 5) is 11.7. The maximum Gasteiger partial charge on any atom is 0.225 e. The third-order valence-electron chi connectivity index (χ3n) is 2.89. The number of rotatable bonds is 7. The van der Waals surface area contributed by atoms with Gasteiger partial charge in [0.25, 0.3) is 0 Å². The lowest BCUT2D eigenvalue weighted by atomic mass is 10.2. The molecule has 1 heterocycles. The van der Waals surface area contributed by atoms with E-state index in [1.165, 1.54) is 0 Å². The molecule has 0 aliphatic carbocycles. The molecule has 1 aromatic carbocycles. The normalized spacial score (nSPS) is 10.4. The van der Waals surface area contributed by atoms with Gasteiger partial charge in [0.15, 0.2) is 0 Å². The molecule has 1 aromatic heterocycles. The zero-order valence-corrected chi connectivity index (χ0v) is 11.7. The molecule has 0 fully saturated rings. The molecule has 2 rings (SSSR count). The molecule has 0 saturated carbocycles. The van der Waals surface area contributed by atoms with E-state index in [4.69, 9.17) is 0 Å². The summed E-state index contributed by atoms with van der Waals surface area (Å²) in [7, 11) is 0. The molecular weight excluding hydrogens is 252 g/mol.